The minimum Gasteiger partial charge on any atom is -0.538 e. The Morgan fingerprint density at radius 3 is 2.80 bits per heavy atom. The summed E-state index contributed by atoms with van der Waals surface area (Å²) >= 11 is 6.65. The Bertz CT molecular complexity index is 905. The third kappa shape index (κ3) is 4.09. The van der Waals surface area contributed by atoms with E-state index < -0.39 is 11.8 Å². The van der Waals surface area contributed by atoms with Crippen molar-refractivity contribution in [1.29, 1.82) is 0 Å². The van der Waals surface area contributed by atoms with Gasteiger partial charge in [0.1, 0.15) is 5.82 Å². The van der Waals surface area contributed by atoms with Gasteiger partial charge in [-0.2, -0.15) is 0 Å². The van der Waals surface area contributed by atoms with Crippen molar-refractivity contribution < 1.29 is 23.5 Å². The van der Waals surface area contributed by atoms with E-state index in [4.69, 9.17) is 11.6 Å². The molecular weight excluding hydrogens is 369 g/mol. The van der Waals surface area contributed by atoms with Crippen molar-refractivity contribution in [2.75, 3.05) is 11.1 Å². The number of benzene rings is 2. The zero-order chi connectivity index (χ0) is 17.8. The fourth-order valence-corrected chi connectivity index (χ4v) is 2.94. The van der Waals surface area contributed by atoms with Gasteiger partial charge in [-0.1, -0.05) is 29.8 Å². The molecule has 1 N–H and O–H groups in total. The number of aromatic nitrogens is 2. The Kier molecular flexibility index (Phi) is 5.20. The van der Waals surface area contributed by atoms with Gasteiger partial charge in [0.2, 0.25) is 11.6 Å². The Hall–Kier alpha value is -2.58. The Labute approximate surface area is 151 Å². The van der Waals surface area contributed by atoms with Gasteiger partial charge >= 0.3 is 0 Å². The third-order valence-corrected chi connectivity index (χ3v) is 4.43. The van der Waals surface area contributed by atoms with Crippen LogP contribution in [0, 0.1) is 5.82 Å². The van der Waals surface area contributed by atoms with Crippen molar-refractivity contribution >= 4 is 35.0 Å². The molecule has 2 aromatic carbocycles. The number of rotatable bonds is 5. The highest BCUT2D eigenvalue weighted by Crippen LogP contribution is 2.24. The molecule has 0 saturated carbocycles. The number of nitrogens with one attached hydrogen (secondary N) is 1. The maximum atomic E-state index is 13.1. The second kappa shape index (κ2) is 7.54. The first-order valence-corrected chi connectivity index (χ1v) is 8.43. The molecule has 0 radical (unpaired) electrons. The number of nitrogens with zero attached hydrogens (tertiary/aromatic N) is 2. The monoisotopic (exact) mass is 379 g/mol. The van der Waals surface area contributed by atoms with E-state index in [9.17, 15) is 14.3 Å². The normalized spacial score (nSPS) is 10.6. The SMILES string of the molecule is O=C(CSc1c([O-])on[n+]1-c1ccccc1)Nc1ccc(F)c(Cl)c1. The number of hydrogen-bond donors (Lipinski definition) is 1. The molecule has 3 aromatic rings. The number of anilines is 1. The highest BCUT2D eigenvalue weighted by molar-refractivity contribution is 7.99. The second-order valence-electron chi connectivity index (χ2n) is 4.88. The lowest BCUT2D eigenvalue weighted by atomic mass is 10.3. The summed E-state index contributed by atoms with van der Waals surface area (Å²) in [6.07, 6.45) is 0. The molecule has 0 aliphatic rings. The molecular formula is C16H11ClFN3O3S. The predicted octanol–water partition coefficient (Wildman–Crippen LogP) is 2.55. The van der Waals surface area contributed by atoms with Crippen LogP contribution in [0.4, 0.5) is 10.1 Å². The van der Waals surface area contributed by atoms with E-state index in [1.165, 1.54) is 16.8 Å². The first-order valence-electron chi connectivity index (χ1n) is 7.07. The molecule has 0 fully saturated rings. The van der Waals surface area contributed by atoms with Crippen LogP contribution in [-0.2, 0) is 4.79 Å². The predicted molar refractivity (Wildman–Crippen MR) is 88.2 cm³/mol. The van der Waals surface area contributed by atoms with Crippen LogP contribution in [0.2, 0.25) is 5.02 Å². The molecule has 0 atom stereocenters. The van der Waals surface area contributed by atoms with Crippen LogP contribution in [0.3, 0.4) is 0 Å². The first-order chi connectivity index (χ1) is 12.0. The van der Waals surface area contributed by atoms with Crippen LogP contribution in [0.1, 0.15) is 0 Å². The highest BCUT2D eigenvalue weighted by Gasteiger charge is 2.22. The maximum Gasteiger partial charge on any atom is 0.298 e. The molecule has 0 bridgehead atoms. The van der Waals surface area contributed by atoms with Crippen LogP contribution in [0.25, 0.3) is 5.69 Å². The average Bonchev–Trinajstić information content (AvgIpc) is 2.98. The molecule has 9 heteroatoms. The van der Waals surface area contributed by atoms with E-state index in [-0.39, 0.29) is 21.7 Å². The summed E-state index contributed by atoms with van der Waals surface area (Å²) in [5.41, 5.74) is 1.00. The summed E-state index contributed by atoms with van der Waals surface area (Å²) in [6.45, 7) is 0. The Balaban J connectivity index is 1.68. The molecule has 1 aromatic heterocycles. The van der Waals surface area contributed by atoms with Gasteiger partial charge in [0.15, 0.2) is 5.95 Å². The lowest BCUT2D eigenvalue weighted by Crippen LogP contribution is -2.35. The van der Waals surface area contributed by atoms with E-state index in [0.29, 0.717) is 11.4 Å². The van der Waals surface area contributed by atoms with Gasteiger partial charge < -0.3 is 14.9 Å². The minimum atomic E-state index is -0.633. The number of carbonyl (C=O) groups is 1. The van der Waals surface area contributed by atoms with E-state index in [2.05, 4.69) is 15.1 Å². The summed E-state index contributed by atoms with van der Waals surface area (Å²) in [6, 6.07) is 12.8. The van der Waals surface area contributed by atoms with Gasteiger partial charge in [0.05, 0.1) is 16.0 Å². The minimum absolute atomic E-state index is 0.0573. The Morgan fingerprint density at radius 2 is 2.08 bits per heavy atom. The fraction of sp³-hybridized carbons (Fsp3) is 0.0625. The summed E-state index contributed by atoms with van der Waals surface area (Å²) in [7, 11) is 0. The van der Waals surface area contributed by atoms with Gasteiger partial charge in [0, 0.05) is 17.8 Å². The summed E-state index contributed by atoms with van der Waals surface area (Å²) in [4.78, 5) is 12.0. The zero-order valence-corrected chi connectivity index (χ0v) is 14.2. The van der Waals surface area contributed by atoms with Crippen molar-refractivity contribution in [1.82, 2.24) is 5.27 Å². The van der Waals surface area contributed by atoms with Gasteiger partial charge in [-0.15, -0.1) is 0 Å². The molecule has 0 aliphatic carbocycles. The molecule has 128 valence electrons. The van der Waals surface area contributed by atoms with Crippen molar-refractivity contribution in [3.63, 3.8) is 0 Å². The highest BCUT2D eigenvalue weighted by atomic mass is 35.5. The van der Waals surface area contributed by atoms with E-state index >= 15 is 0 Å². The molecule has 0 aliphatic heterocycles. The zero-order valence-electron chi connectivity index (χ0n) is 12.6. The van der Waals surface area contributed by atoms with Crippen molar-refractivity contribution in [3.8, 4) is 11.6 Å². The van der Waals surface area contributed by atoms with Crippen LogP contribution < -0.4 is 15.1 Å². The summed E-state index contributed by atoms with van der Waals surface area (Å²) in [5.74, 6) is -1.64. The van der Waals surface area contributed by atoms with E-state index in [1.54, 1.807) is 24.3 Å². The third-order valence-electron chi connectivity index (χ3n) is 3.12. The van der Waals surface area contributed by atoms with Crippen molar-refractivity contribution in [3.05, 3.63) is 59.4 Å². The van der Waals surface area contributed by atoms with E-state index in [0.717, 1.165) is 17.8 Å². The number of para-hydroxylation sites is 1. The fourth-order valence-electron chi connectivity index (χ4n) is 2.00. The smallest absolute Gasteiger partial charge is 0.298 e. The number of hydrogen-bond acceptors (Lipinski definition) is 5. The van der Waals surface area contributed by atoms with Crippen LogP contribution in [-0.4, -0.2) is 16.9 Å². The quantitative estimate of drug-likeness (QED) is 0.544. The molecule has 0 saturated heterocycles. The van der Waals surface area contributed by atoms with E-state index in [1.807, 2.05) is 6.07 Å². The maximum absolute atomic E-state index is 13.1. The number of halogens is 2. The molecule has 25 heavy (non-hydrogen) atoms. The van der Waals surface area contributed by atoms with Gasteiger partial charge in [-0.05, 0) is 34.6 Å². The molecule has 6 nitrogen and oxygen atoms in total. The number of amides is 1. The van der Waals surface area contributed by atoms with Gasteiger partial charge in [-0.3, -0.25) is 4.79 Å². The topological polar surface area (TPSA) is 82.1 Å². The van der Waals surface area contributed by atoms with Crippen LogP contribution in [0.5, 0.6) is 5.95 Å². The molecule has 0 unspecified atom stereocenters. The molecule has 1 amide bonds. The number of carbonyl (C=O) groups excluding carboxylic acids is 1. The van der Waals surface area contributed by atoms with Gasteiger partial charge in [0.25, 0.3) is 5.03 Å². The van der Waals surface area contributed by atoms with Crippen molar-refractivity contribution in [2.24, 2.45) is 0 Å². The summed E-state index contributed by atoms with van der Waals surface area (Å²) < 4.78 is 19.1. The largest absolute Gasteiger partial charge is 0.538 e. The van der Waals surface area contributed by atoms with Crippen LogP contribution in [0.15, 0.2) is 58.1 Å². The van der Waals surface area contributed by atoms with Gasteiger partial charge in [-0.25, -0.2) is 4.39 Å². The average molecular weight is 380 g/mol. The lowest BCUT2D eigenvalue weighted by Gasteiger charge is -2.05. The summed E-state index contributed by atoms with van der Waals surface area (Å²) in [5, 5.41) is 18.2. The lowest BCUT2D eigenvalue weighted by molar-refractivity contribution is -0.705. The second-order valence-corrected chi connectivity index (χ2v) is 6.25. The number of thioether (sulfide) groups is 1. The first kappa shape index (κ1) is 17.2. The Morgan fingerprint density at radius 1 is 1.32 bits per heavy atom. The molecule has 3 rings (SSSR count). The molecule has 0 spiro atoms. The van der Waals surface area contributed by atoms with Crippen LogP contribution >= 0.6 is 23.4 Å². The molecule has 1 heterocycles. The van der Waals surface area contributed by atoms with Crippen molar-refractivity contribution in [2.45, 2.75) is 5.03 Å². The standard InChI is InChI=1S/C16H11ClFN3O3S/c17-12-8-10(6-7-13(12)18)19-14(22)9-25-15-16(23)24-20-21(15)11-4-2-1-3-5-11/h1-8H,9H2,(H-,19,20,22,23).